The van der Waals surface area contributed by atoms with Crippen molar-refractivity contribution in [2.45, 2.75) is 12.2 Å². The lowest BCUT2D eigenvalue weighted by atomic mass is 10.2. The summed E-state index contributed by atoms with van der Waals surface area (Å²) in [6.45, 7) is 1.02. The van der Waals surface area contributed by atoms with Crippen molar-refractivity contribution >= 4 is 27.5 Å². The first-order chi connectivity index (χ1) is 7.58. The van der Waals surface area contributed by atoms with E-state index in [2.05, 4.69) is 21.2 Å². The molecule has 2 atom stereocenters. The lowest BCUT2D eigenvalue weighted by Gasteiger charge is -2.17. The van der Waals surface area contributed by atoms with E-state index < -0.39 is 11.9 Å². The summed E-state index contributed by atoms with van der Waals surface area (Å²) in [5, 5.41) is 12.6. The summed E-state index contributed by atoms with van der Waals surface area (Å²) in [7, 11) is 0. The number of β-amino-alcohol motifs (C(OH)–C–C–N with tert-alkyl or cyclic N) is 1. The van der Waals surface area contributed by atoms with Crippen molar-refractivity contribution in [2.24, 2.45) is 0 Å². The summed E-state index contributed by atoms with van der Waals surface area (Å²) in [5.74, 6) is -0.199. The molecule has 2 unspecified atom stereocenters. The molecule has 0 aliphatic carbocycles. The average Bonchev–Trinajstić information content (AvgIpc) is 2.61. The number of aliphatic hydroxyl groups excluding tert-OH is 1. The maximum absolute atomic E-state index is 13.2. The van der Waals surface area contributed by atoms with Crippen molar-refractivity contribution in [1.82, 2.24) is 5.32 Å². The molecule has 1 aliphatic heterocycles. The van der Waals surface area contributed by atoms with Gasteiger partial charge in [-0.05, 0) is 22.0 Å². The normalized spacial score (nSPS) is 24.8. The molecule has 1 aromatic carbocycles. The highest BCUT2D eigenvalue weighted by atomic mass is 79.9. The third kappa shape index (κ3) is 2.48. The van der Waals surface area contributed by atoms with Gasteiger partial charge in [-0.25, -0.2) is 4.39 Å². The summed E-state index contributed by atoms with van der Waals surface area (Å²) < 4.78 is 19.3. The van der Waals surface area contributed by atoms with E-state index in [4.69, 9.17) is 16.3 Å². The van der Waals surface area contributed by atoms with Crippen molar-refractivity contribution in [3.63, 3.8) is 0 Å². The molecule has 1 heterocycles. The van der Waals surface area contributed by atoms with Crippen molar-refractivity contribution in [1.29, 1.82) is 0 Å². The van der Waals surface area contributed by atoms with Gasteiger partial charge in [-0.3, -0.25) is 0 Å². The van der Waals surface area contributed by atoms with Gasteiger partial charge in [-0.2, -0.15) is 0 Å². The molecule has 1 fully saturated rings. The highest BCUT2D eigenvalue weighted by Crippen LogP contribution is 2.31. The molecule has 2 N–H and O–H groups in total. The second-order valence-corrected chi connectivity index (χ2v) is 4.84. The molecule has 1 saturated heterocycles. The number of rotatable bonds is 2. The first kappa shape index (κ1) is 12.1. The Labute approximate surface area is 106 Å². The lowest BCUT2D eigenvalue weighted by molar-refractivity contribution is 0.0730. The van der Waals surface area contributed by atoms with Gasteiger partial charge in [-0.15, -0.1) is 0 Å². The number of ether oxygens (including phenoxy) is 1. The summed E-state index contributed by atoms with van der Waals surface area (Å²) in [5.41, 5.74) is 0. The third-order valence-corrected chi connectivity index (χ3v) is 3.29. The van der Waals surface area contributed by atoms with Gasteiger partial charge < -0.3 is 15.2 Å². The molecule has 0 saturated carbocycles. The maximum Gasteiger partial charge on any atom is 0.145 e. The van der Waals surface area contributed by atoms with Crippen LogP contribution in [0.2, 0.25) is 5.02 Å². The second kappa shape index (κ2) is 4.87. The number of nitrogens with one attached hydrogen (secondary N) is 1. The third-order valence-electron chi connectivity index (χ3n) is 2.38. The Morgan fingerprint density at radius 3 is 2.88 bits per heavy atom. The minimum Gasteiger partial charge on any atom is -0.485 e. The number of aliphatic hydroxyl groups is 1. The van der Waals surface area contributed by atoms with E-state index in [-0.39, 0.29) is 11.1 Å². The zero-order chi connectivity index (χ0) is 11.7. The molecule has 88 valence electrons. The minimum atomic E-state index is -0.578. The fourth-order valence-corrected chi connectivity index (χ4v) is 2.25. The quantitative estimate of drug-likeness (QED) is 0.821. The van der Waals surface area contributed by atoms with Gasteiger partial charge in [0, 0.05) is 19.2 Å². The number of benzene rings is 1. The van der Waals surface area contributed by atoms with Crippen molar-refractivity contribution in [3.8, 4) is 5.75 Å². The van der Waals surface area contributed by atoms with Crippen LogP contribution in [0.5, 0.6) is 5.75 Å². The molecule has 0 amide bonds. The topological polar surface area (TPSA) is 41.5 Å². The predicted molar refractivity (Wildman–Crippen MR) is 62.4 cm³/mol. The van der Waals surface area contributed by atoms with Gasteiger partial charge in [0.25, 0.3) is 0 Å². The first-order valence-electron chi connectivity index (χ1n) is 4.78. The van der Waals surface area contributed by atoms with E-state index in [9.17, 15) is 9.50 Å². The average molecular weight is 311 g/mol. The van der Waals surface area contributed by atoms with Crippen LogP contribution in [0.15, 0.2) is 16.6 Å². The van der Waals surface area contributed by atoms with E-state index in [1.54, 1.807) is 0 Å². The van der Waals surface area contributed by atoms with Crippen molar-refractivity contribution < 1.29 is 14.2 Å². The standard InChI is InChI=1S/C10H10BrClFNO2/c11-5-1-6(12)7(13)2-9(5)16-10-4-14-3-8(10)15/h1-2,8,10,14-15H,3-4H2. The van der Waals surface area contributed by atoms with Crippen LogP contribution in [0.1, 0.15) is 0 Å². The molecule has 0 spiro atoms. The number of halogens is 3. The Balaban J connectivity index is 2.18. The molecule has 6 heteroatoms. The molecule has 0 bridgehead atoms. The zero-order valence-electron chi connectivity index (χ0n) is 8.21. The van der Waals surface area contributed by atoms with Crippen LogP contribution in [0, 0.1) is 5.82 Å². The molecule has 1 aliphatic rings. The van der Waals surface area contributed by atoms with Crippen LogP contribution >= 0.6 is 27.5 Å². The first-order valence-corrected chi connectivity index (χ1v) is 5.95. The summed E-state index contributed by atoms with van der Waals surface area (Å²) in [6.07, 6.45) is -0.942. The molecular formula is C10H10BrClFNO2. The second-order valence-electron chi connectivity index (χ2n) is 3.58. The van der Waals surface area contributed by atoms with Gasteiger partial charge in [0.1, 0.15) is 23.8 Å². The Morgan fingerprint density at radius 2 is 2.25 bits per heavy atom. The van der Waals surface area contributed by atoms with Crippen LogP contribution in [-0.4, -0.2) is 30.4 Å². The van der Waals surface area contributed by atoms with E-state index in [0.29, 0.717) is 23.3 Å². The monoisotopic (exact) mass is 309 g/mol. The minimum absolute atomic E-state index is 0.0318. The van der Waals surface area contributed by atoms with Crippen molar-refractivity contribution in [3.05, 3.63) is 27.4 Å². The maximum atomic E-state index is 13.2. The van der Waals surface area contributed by atoms with Crippen LogP contribution in [-0.2, 0) is 0 Å². The molecule has 16 heavy (non-hydrogen) atoms. The van der Waals surface area contributed by atoms with Gasteiger partial charge in [0.05, 0.1) is 9.50 Å². The highest BCUT2D eigenvalue weighted by molar-refractivity contribution is 9.10. The molecule has 0 aromatic heterocycles. The van der Waals surface area contributed by atoms with E-state index in [0.717, 1.165) is 0 Å². The highest BCUT2D eigenvalue weighted by Gasteiger charge is 2.27. The predicted octanol–water partition coefficient (Wildman–Crippen LogP) is 1.95. The van der Waals surface area contributed by atoms with Crippen LogP contribution < -0.4 is 10.1 Å². The summed E-state index contributed by atoms with van der Waals surface area (Å²) >= 11 is 8.84. The SMILES string of the molecule is OC1CNCC1Oc1cc(F)c(Cl)cc1Br. The fourth-order valence-electron chi connectivity index (χ4n) is 1.52. The van der Waals surface area contributed by atoms with E-state index in [1.165, 1.54) is 12.1 Å². The summed E-state index contributed by atoms with van der Waals surface area (Å²) in [6, 6.07) is 2.64. The Hall–Kier alpha value is -0.360. The van der Waals surface area contributed by atoms with Crippen LogP contribution in [0.4, 0.5) is 4.39 Å². The fraction of sp³-hybridized carbons (Fsp3) is 0.400. The van der Waals surface area contributed by atoms with Gasteiger partial charge in [0.2, 0.25) is 0 Å². The Bertz CT molecular complexity index is 405. The van der Waals surface area contributed by atoms with Crippen molar-refractivity contribution in [2.75, 3.05) is 13.1 Å². The Morgan fingerprint density at radius 1 is 1.50 bits per heavy atom. The lowest BCUT2D eigenvalue weighted by Crippen LogP contribution is -2.30. The van der Waals surface area contributed by atoms with Gasteiger partial charge in [0.15, 0.2) is 0 Å². The largest absolute Gasteiger partial charge is 0.485 e. The van der Waals surface area contributed by atoms with E-state index >= 15 is 0 Å². The molecule has 1 aromatic rings. The van der Waals surface area contributed by atoms with Gasteiger partial charge >= 0.3 is 0 Å². The van der Waals surface area contributed by atoms with Gasteiger partial charge in [-0.1, -0.05) is 11.6 Å². The van der Waals surface area contributed by atoms with Crippen LogP contribution in [0.25, 0.3) is 0 Å². The number of hydrogen-bond acceptors (Lipinski definition) is 3. The molecule has 2 rings (SSSR count). The van der Waals surface area contributed by atoms with E-state index in [1.807, 2.05) is 0 Å². The molecule has 3 nitrogen and oxygen atoms in total. The van der Waals surface area contributed by atoms with Crippen LogP contribution in [0.3, 0.4) is 0 Å². The summed E-state index contributed by atoms with van der Waals surface area (Å²) in [4.78, 5) is 0. The smallest absolute Gasteiger partial charge is 0.145 e. The Kier molecular flexibility index (Phi) is 3.69. The molecule has 0 radical (unpaired) electrons. The molecular weight excluding hydrogens is 300 g/mol. The number of hydrogen-bond donors (Lipinski definition) is 2. The zero-order valence-corrected chi connectivity index (χ0v) is 10.6.